The topological polar surface area (TPSA) is 58.7 Å². The number of hydrogen-bond acceptors (Lipinski definition) is 6. The number of thiazole rings is 1. The number of hydrogen-bond donors (Lipinski definition) is 0. The molecule has 1 aliphatic rings. The van der Waals surface area contributed by atoms with Gasteiger partial charge >= 0.3 is 0 Å². The Morgan fingerprint density at radius 2 is 2.07 bits per heavy atom. The molecule has 5 nitrogen and oxygen atoms in total. The number of aliphatic imine (C=N–C) groups is 1. The lowest BCUT2D eigenvalue weighted by Gasteiger charge is -2.11. The van der Waals surface area contributed by atoms with Gasteiger partial charge in [0.25, 0.3) is 5.91 Å². The highest BCUT2D eigenvalue weighted by Crippen LogP contribution is 2.35. The molecule has 3 heterocycles. The Morgan fingerprint density at radius 1 is 1.22 bits per heavy atom. The molecule has 0 spiro atoms. The molecule has 27 heavy (non-hydrogen) atoms. The molecular formula is C20H15N3O2S2. The molecule has 0 aliphatic carbocycles. The smallest absolute Gasteiger partial charge is 0.267 e. The third-order valence-electron chi connectivity index (χ3n) is 3.77. The van der Waals surface area contributed by atoms with Gasteiger partial charge in [-0.1, -0.05) is 36.4 Å². The highest BCUT2D eigenvalue weighted by atomic mass is 32.2. The maximum absolute atomic E-state index is 12.8. The molecule has 1 aromatic carbocycles. The van der Waals surface area contributed by atoms with Crippen molar-refractivity contribution < 1.29 is 9.21 Å². The molecule has 2 aromatic heterocycles. The van der Waals surface area contributed by atoms with Crippen LogP contribution >= 0.6 is 23.1 Å². The van der Waals surface area contributed by atoms with Crippen molar-refractivity contribution >= 4 is 45.4 Å². The molecule has 1 saturated heterocycles. The first kappa shape index (κ1) is 17.5. The average molecular weight is 393 g/mol. The first-order chi connectivity index (χ1) is 13.2. The van der Waals surface area contributed by atoms with Crippen LogP contribution in [0, 0.1) is 0 Å². The summed E-state index contributed by atoms with van der Waals surface area (Å²) >= 11 is 2.73. The Morgan fingerprint density at radius 3 is 2.81 bits per heavy atom. The fraction of sp³-hybridized carbons (Fsp3) is 0.0500. The highest BCUT2D eigenvalue weighted by Gasteiger charge is 2.33. The summed E-state index contributed by atoms with van der Waals surface area (Å²) in [6, 6.07) is 13.6. The Bertz CT molecular complexity index is 1020. The number of furan rings is 1. The van der Waals surface area contributed by atoms with Crippen LogP contribution in [-0.4, -0.2) is 27.5 Å². The van der Waals surface area contributed by atoms with Crippen LogP contribution in [0.25, 0.3) is 17.4 Å². The van der Waals surface area contributed by atoms with Gasteiger partial charge in [-0.3, -0.25) is 9.69 Å². The third kappa shape index (κ3) is 3.79. The van der Waals surface area contributed by atoms with Crippen LogP contribution in [0.4, 0.5) is 5.13 Å². The molecular weight excluding hydrogens is 378 g/mol. The van der Waals surface area contributed by atoms with E-state index in [0.717, 1.165) is 11.3 Å². The Labute approximate surface area is 164 Å². The van der Waals surface area contributed by atoms with Crippen LogP contribution in [0.2, 0.25) is 0 Å². The molecule has 1 aliphatic heterocycles. The predicted octanol–water partition coefficient (Wildman–Crippen LogP) is 5.19. The first-order valence-corrected chi connectivity index (χ1v) is 9.90. The summed E-state index contributed by atoms with van der Waals surface area (Å²) in [5.41, 5.74) is 0.992. The zero-order valence-electron chi connectivity index (χ0n) is 14.2. The molecule has 0 N–H and O–H groups in total. The Hall–Kier alpha value is -2.90. The fourth-order valence-corrected chi connectivity index (χ4v) is 4.08. The maximum Gasteiger partial charge on any atom is 0.267 e. The van der Waals surface area contributed by atoms with Crippen molar-refractivity contribution in [3.8, 4) is 11.3 Å². The molecule has 0 unspecified atom stereocenters. The van der Waals surface area contributed by atoms with E-state index in [9.17, 15) is 4.79 Å². The van der Waals surface area contributed by atoms with Gasteiger partial charge < -0.3 is 4.42 Å². The van der Waals surface area contributed by atoms with Crippen LogP contribution in [0.5, 0.6) is 0 Å². The highest BCUT2D eigenvalue weighted by molar-refractivity contribution is 8.18. The van der Waals surface area contributed by atoms with Crippen molar-refractivity contribution in [2.45, 2.75) is 0 Å². The van der Waals surface area contributed by atoms with Gasteiger partial charge in [0, 0.05) is 29.8 Å². The largest absolute Gasteiger partial charge is 0.457 e. The number of aromatic nitrogens is 1. The molecule has 1 fully saturated rings. The SMILES string of the molecule is C=CCN1C(=O)/C(=C/c2ccc(-c3ccccc3)o2)S/C1=N/c1nccs1. The molecule has 0 saturated carbocycles. The molecule has 134 valence electrons. The van der Waals surface area contributed by atoms with Gasteiger partial charge in [0.15, 0.2) is 5.17 Å². The maximum atomic E-state index is 12.8. The monoisotopic (exact) mass is 393 g/mol. The van der Waals surface area contributed by atoms with E-state index in [0.29, 0.717) is 27.5 Å². The lowest BCUT2D eigenvalue weighted by Crippen LogP contribution is -2.29. The van der Waals surface area contributed by atoms with Crippen molar-refractivity contribution in [2.75, 3.05) is 6.54 Å². The number of carbonyl (C=O) groups is 1. The minimum Gasteiger partial charge on any atom is -0.457 e. The van der Waals surface area contributed by atoms with Crippen molar-refractivity contribution in [3.05, 3.63) is 77.4 Å². The summed E-state index contributed by atoms with van der Waals surface area (Å²) in [6.45, 7) is 4.12. The summed E-state index contributed by atoms with van der Waals surface area (Å²) < 4.78 is 5.89. The van der Waals surface area contributed by atoms with Crippen LogP contribution in [0.3, 0.4) is 0 Å². The Kier molecular flexibility index (Phi) is 5.04. The number of carbonyl (C=O) groups excluding carboxylic acids is 1. The number of benzene rings is 1. The Balaban J connectivity index is 1.63. The number of amidine groups is 1. The molecule has 0 bridgehead atoms. The fourth-order valence-electron chi connectivity index (χ4n) is 2.55. The van der Waals surface area contributed by atoms with E-state index in [1.54, 1.807) is 23.2 Å². The quantitative estimate of drug-likeness (QED) is 0.442. The van der Waals surface area contributed by atoms with Crippen LogP contribution in [0.1, 0.15) is 5.76 Å². The summed E-state index contributed by atoms with van der Waals surface area (Å²) in [5, 5.41) is 3.06. The van der Waals surface area contributed by atoms with Gasteiger partial charge in [-0.15, -0.1) is 17.9 Å². The number of thioether (sulfide) groups is 1. The van der Waals surface area contributed by atoms with E-state index in [-0.39, 0.29) is 5.91 Å². The van der Waals surface area contributed by atoms with Crippen LogP contribution in [0.15, 0.2) is 81.0 Å². The lowest BCUT2D eigenvalue weighted by molar-refractivity contribution is -0.121. The van der Waals surface area contributed by atoms with Gasteiger partial charge in [0.2, 0.25) is 5.13 Å². The van der Waals surface area contributed by atoms with Crippen molar-refractivity contribution in [2.24, 2.45) is 4.99 Å². The van der Waals surface area contributed by atoms with Gasteiger partial charge in [-0.25, -0.2) is 4.98 Å². The molecule has 0 radical (unpaired) electrons. The number of nitrogens with zero attached hydrogens (tertiary/aromatic N) is 3. The lowest BCUT2D eigenvalue weighted by atomic mass is 10.2. The second kappa shape index (κ2) is 7.77. The van der Waals surface area contributed by atoms with Gasteiger partial charge in [0.1, 0.15) is 11.5 Å². The van der Waals surface area contributed by atoms with E-state index in [1.807, 2.05) is 47.8 Å². The summed E-state index contributed by atoms with van der Waals surface area (Å²) in [6.07, 6.45) is 5.12. The molecule has 1 amide bonds. The van der Waals surface area contributed by atoms with Gasteiger partial charge in [0.05, 0.1) is 4.91 Å². The van der Waals surface area contributed by atoms with Crippen LogP contribution < -0.4 is 0 Å². The van der Waals surface area contributed by atoms with E-state index < -0.39 is 0 Å². The predicted molar refractivity (Wildman–Crippen MR) is 111 cm³/mol. The van der Waals surface area contributed by atoms with Crippen molar-refractivity contribution in [1.29, 1.82) is 0 Å². The summed E-state index contributed by atoms with van der Waals surface area (Å²) in [7, 11) is 0. The summed E-state index contributed by atoms with van der Waals surface area (Å²) in [4.78, 5) is 23.6. The van der Waals surface area contributed by atoms with Crippen molar-refractivity contribution in [3.63, 3.8) is 0 Å². The van der Waals surface area contributed by atoms with Crippen molar-refractivity contribution in [1.82, 2.24) is 9.88 Å². The minimum atomic E-state index is -0.118. The number of rotatable bonds is 5. The second-order valence-electron chi connectivity index (χ2n) is 5.59. The third-order valence-corrected chi connectivity index (χ3v) is 5.44. The molecule has 4 rings (SSSR count). The van der Waals surface area contributed by atoms with Gasteiger partial charge in [-0.05, 0) is 23.9 Å². The number of amides is 1. The molecule has 0 atom stereocenters. The van der Waals surface area contributed by atoms with Crippen LogP contribution in [-0.2, 0) is 4.79 Å². The summed E-state index contributed by atoms with van der Waals surface area (Å²) in [5.74, 6) is 1.27. The zero-order chi connectivity index (χ0) is 18.6. The first-order valence-electron chi connectivity index (χ1n) is 8.20. The van der Waals surface area contributed by atoms with E-state index in [2.05, 4.69) is 16.6 Å². The van der Waals surface area contributed by atoms with E-state index in [4.69, 9.17) is 4.42 Å². The molecule has 7 heteroatoms. The average Bonchev–Trinajstić information content (AvgIpc) is 3.42. The van der Waals surface area contributed by atoms with E-state index in [1.165, 1.54) is 23.1 Å². The standard InChI is InChI=1S/C20H15N3O2S2/c1-2-11-23-18(24)17(27-20(23)22-19-21-10-12-26-19)13-15-8-9-16(25-15)14-6-4-3-5-7-14/h2-10,12-13H,1,11H2/b17-13-,22-20+. The van der Waals surface area contributed by atoms with E-state index >= 15 is 0 Å². The second-order valence-corrected chi connectivity index (χ2v) is 7.47. The zero-order valence-corrected chi connectivity index (χ0v) is 15.9. The normalized spacial score (nSPS) is 17.2. The van der Waals surface area contributed by atoms with Gasteiger partial charge in [-0.2, -0.15) is 4.99 Å². The molecule has 3 aromatic rings. The minimum absolute atomic E-state index is 0.118.